The van der Waals surface area contributed by atoms with E-state index in [4.69, 9.17) is 0 Å². The highest BCUT2D eigenvalue weighted by atomic mass is 32.2. The minimum Gasteiger partial charge on any atom is -0.275 e. The summed E-state index contributed by atoms with van der Waals surface area (Å²) in [6, 6.07) is 5.99. The summed E-state index contributed by atoms with van der Waals surface area (Å²) < 4.78 is 15.6. The molecule has 2 rings (SSSR count). The second-order valence-electron chi connectivity index (χ2n) is 4.50. The third-order valence-corrected chi connectivity index (χ3v) is 3.92. The highest BCUT2D eigenvalue weighted by Gasteiger charge is 2.10. The van der Waals surface area contributed by atoms with Crippen LogP contribution in [0.2, 0.25) is 0 Å². The molecule has 0 spiro atoms. The first-order valence-electron chi connectivity index (χ1n) is 5.67. The molecule has 0 aliphatic rings. The number of nitrogens with zero attached hydrogens (tertiary/aromatic N) is 3. The maximum Gasteiger partial charge on any atom is 0.127 e. The van der Waals surface area contributed by atoms with Gasteiger partial charge in [-0.1, -0.05) is 6.07 Å². The molecule has 0 fully saturated rings. The molecule has 0 amide bonds. The molecule has 0 N–H and O–H groups in total. The van der Waals surface area contributed by atoms with Crippen LogP contribution >= 0.6 is 0 Å². The molecule has 4 nitrogen and oxygen atoms in total. The average molecular weight is 263 g/mol. The van der Waals surface area contributed by atoms with Crippen molar-refractivity contribution in [2.45, 2.75) is 11.8 Å². The predicted molar refractivity (Wildman–Crippen MR) is 73.5 cm³/mol. The van der Waals surface area contributed by atoms with Gasteiger partial charge in [0, 0.05) is 18.8 Å². The molecule has 0 aliphatic heterocycles. The summed E-state index contributed by atoms with van der Waals surface area (Å²) in [7, 11) is 4.39. The topological polar surface area (TPSA) is 38.1 Å². The van der Waals surface area contributed by atoms with Gasteiger partial charge in [0.25, 0.3) is 0 Å². The van der Waals surface area contributed by atoms with Crippen LogP contribution in [0.5, 0.6) is 0 Å². The monoisotopic (exact) mass is 263 g/mol. The van der Waals surface area contributed by atoms with Crippen molar-refractivity contribution >= 4 is 11.0 Å². The molecule has 0 radical (unpaired) electrons. The van der Waals surface area contributed by atoms with Crippen molar-refractivity contribution in [3.63, 3.8) is 0 Å². The zero-order chi connectivity index (χ0) is 13.3. The lowest BCUT2D eigenvalue weighted by Crippen LogP contribution is -2.15. The standard InChI is InChI=1S/C13H17N3OS/c1-10-5-11(12-8-14-16(4)9-12)7-13(6-10)18(17)15(2)3/h5-9H,1-4H3. The maximum atomic E-state index is 12.1. The summed E-state index contributed by atoms with van der Waals surface area (Å²) in [5.41, 5.74) is 3.19. The van der Waals surface area contributed by atoms with Crippen molar-refractivity contribution < 1.29 is 4.21 Å². The van der Waals surface area contributed by atoms with E-state index in [9.17, 15) is 4.21 Å². The number of aryl methyl sites for hydroxylation is 2. The van der Waals surface area contributed by atoms with Crippen molar-refractivity contribution in [1.82, 2.24) is 14.1 Å². The Morgan fingerprint density at radius 2 is 1.94 bits per heavy atom. The zero-order valence-corrected chi connectivity index (χ0v) is 11.9. The Labute approximate surface area is 110 Å². The normalized spacial score (nSPS) is 12.9. The van der Waals surface area contributed by atoms with Crippen molar-refractivity contribution in [3.05, 3.63) is 36.2 Å². The second-order valence-corrected chi connectivity index (χ2v) is 6.20. The van der Waals surface area contributed by atoms with E-state index in [1.165, 1.54) is 0 Å². The van der Waals surface area contributed by atoms with Crippen LogP contribution in [0.4, 0.5) is 0 Å². The third kappa shape index (κ3) is 2.68. The fourth-order valence-corrected chi connectivity index (χ4v) is 2.73. The highest BCUT2D eigenvalue weighted by Crippen LogP contribution is 2.23. The summed E-state index contributed by atoms with van der Waals surface area (Å²) in [6.07, 6.45) is 3.77. The number of benzene rings is 1. The van der Waals surface area contributed by atoms with Crippen molar-refractivity contribution in [2.24, 2.45) is 7.05 Å². The molecule has 18 heavy (non-hydrogen) atoms. The molecule has 0 saturated carbocycles. The van der Waals surface area contributed by atoms with Crippen LogP contribution in [-0.4, -0.2) is 32.4 Å². The zero-order valence-electron chi connectivity index (χ0n) is 11.0. The Morgan fingerprint density at radius 3 is 2.50 bits per heavy atom. The van der Waals surface area contributed by atoms with Crippen LogP contribution in [0.1, 0.15) is 5.56 Å². The molecule has 2 aromatic rings. The van der Waals surface area contributed by atoms with E-state index < -0.39 is 11.0 Å². The molecule has 1 aromatic heterocycles. The quantitative estimate of drug-likeness (QED) is 0.849. The molecule has 0 saturated heterocycles. The van der Waals surface area contributed by atoms with E-state index in [1.54, 1.807) is 8.99 Å². The van der Waals surface area contributed by atoms with E-state index in [0.29, 0.717) is 0 Å². The van der Waals surface area contributed by atoms with Gasteiger partial charge in [-0.3, -0.25) is 4.68 Å². The minimum atomic E-state index is -1.12. The van der Waals surface area contributed by atoms with Gasteiger partial charge in [-0.25, -0.2) is 8.51 Å². The average Bonchev–Trinajstić information content (AvgIpc) is 2.74. The minimum absolute atomic E-state index is 0.818. The molecule has 1 aromatic carbocycles. The van der Waals surface area contributed by atoms with Crippen molar-refractivity contribution in [1.29, 1.82) is 0 Å². The van der Waals surface area contributed by atoms with E-state index in [-0.39, 0.29) is 0 Å². The molecule has 1 atom stereocenters. The Bertz CT molecular complexity index is 590. The molecule has 96 valence electrons. The van der Waals surface area contributed by atoms with Gasteiger partial charge in [0.2, 0.25) is 0 Å². The largest absolute Gasteiger partial charge is 0.275 e. The lowest BCUT2D eigenvalue weighted by molar-refractivity contribution is 0.603. The molecule has 5 heteroatoms. The number of hydrogen-bond acceptors (Lipinski definition) is 2. The summed E-state index contributed by atoms with van der Waals surface area (Å²) in [4.78, 5) is 0.818. The van der Waals surface area contributed by atoms with Gasteiger partial charge in [0.05, 0.1) is 11.1 Å². The van der Waals surface area contributed by atoms with Crippen LogP contribution in [0.25, 0.3) is 11.1 Å². The molecular weight excluding hydrogens is 246 g/mol. The lowest BCUT2D eigenvalue weighted by atomic mass is 10.1. The first kappa shape index (κ1) is 13.0. The van der Waals surface area contributed by atoms with Gasteiger partial charge in [-0.05, 0) is 44.3 Å². The van der Waals surface area contributed by atoms with Gasteiger partial charge in [0.15, 0.2) is 0 Å². The van der Waals surface area contributed by atoms with Gasteiger partial charge in [-0.2, -0.15) is 5.10 Å². The predicted octanol–water partition coefficient (Wildman–Crippen LogP) is 1.98. The Kier molecular flexibility index (Phi) is 3.63. The summed E-state index contributed by atoms with van der Waals surface area (Å²) in [6.45, 7) is 2.01. The summed E-state index contributed by atoms with van der Waals surface area (Å²) in [5.74, 6) is 0. The fourth-order valence-electron chi connectivity index (χ4n) is 1.80. The number of hydrogen-bond donors (Lipinski definition) is 0. The first-order valence-corrected chi connectivity index (χ1v) is 6.78. The molecule has 0 bridgehead atoms. The number of rotatable bonds is 3. The maximum absolute atomic E-state index is 12.1. The van der Waals surface area contributed by atoms with E-state index in [2.05, 4.69) is 11.2 Å². The van der Waals surface area contributed by atoms with E-state index in [1.807, 2.05) is 52.6 Å². The van der Waals surface area contributed by atoms with Gasteiger partial charge in [0.1, 0.15) is 11.0 Å². The van der Waals surface area contributed by atoms with Gasteiger partial charge < -0.3 is 0 Å². The highest BCUT2D eigenvalue weighted by molar-refractivity contribution is 7.82. The Morgan fingerprint density at radius 1 is 1.22 bits per heavy atom. The smallest absolute Gasteiger partial charge is 0.127 e. The fraction of sp³-hybridized carbons (Fsp3) is 0.308. The van der Waals surface area contributed by atoms with Crippen molar-refractivity contribution in [3.8, 4) is 11.1 Å². The van der Waals surface area contributed by atoms with Crippen LogP contribution in [0, 0.1) is 6.92 Å². The van der Waals surface area contributed by atoms with Crippen LogP contribution in [-0.2, 0) is 18.0 Å². The number of aromatic nitrogens is 2. The molecule has 1 unspecified atom stereocenters. The van der Waals surface area contributed by atoms with Gasteiger partial charge in [-0.15, -0.1) is 0 Å². The lowest BCUT2D eigenvalue weighted by Gasteiger charge is -2.11. The Hall–Kier alpha value is -1.46. The second kappa shape index (κ2) is 5.04. The molecule has 0 aliphatic carbocycles. The summed E-state index contributed by atoms with van der Waals surface area (Å²) >= 11 is 0. The van der Waals surface area contributed by atoms with E-state index in [0.717, 1.165) is 21.6 Å². The van der Waals surface area contributed by atoms with Crippen LogP contribution in [0.3, 0.4) is 0 Å². The molecule has 1 heterocycles. The molecular formula is C13H17N3OS. The van der Waals surface area contributed by atoms with Gasteiger partial charge >= 0.3 is 0 Å². The first-order chi connectivity index (χ1) is 8.47. The van der Waals surface area contributed by atoms with Crippen molar-refractivity contribution in [2.75, 3.05) is 14.1 Å². The SMILES string of the molecule is Cc1cc(-c2cnn(C)c2)cc(S(=O)N(C)C)c1. The van der Waals surface area contributed by atoms with Crippen LogP contribution < -0.4 is 0 Å². The summed E-state index contributed by atoms with van der Waals surface area (Å²) in [5, 5.41) is 4.16. The third-order valence-electron chi connectivity index (χ3n) is 2.62. The Balaban J connectivity index is 2.47. The van der Waals surface area contributed by atoms with Crippen LogP contribution in [0.15, 0.2) is 35.5 Å². The van der Waals surface area contributed by atoms with E-state index >= 15 is 0 Å².